The average Bonchev–Trinajstić information content (AvgIpc) is 3.41. The van der Waals surface area contributed by atoms with Gasteiger partial charge in [-0.15, -0.1) is 0 Å². The molecule has 0 spiro atoms. The Bertz CT molecular complexity index is 934. The fourth-order valence-electron chi connectivity index (χ4n) is 4.02. The number of fused-ring (bicyclic) bond motifs is 2. The van der Waals surface area contributed by atoms with Gasteiger partial charge in [-0.2, -0.15) is 10.1 Å². The Hall–Kier alpha value is -2.50. The van der Waals surface area contributed by atoms with E-state index in [4.69, 9.17) is 10.8 Å². The Kier molecular flexibility index (Phi) is 5.52. The van der Waals surface area contributed by atoms with E-state index in [1.807, 2.05) is 0 Å². The topological polar surface area (TPSA) is 151 Å². The number of nitrogens with two attached hydrogens (primary N) is 1. The van der Waals surface area contributed by atoms with Crippen molar-refractivity contribution >= 4 is 39.3 Å². The number of nitrogens with one attached hydrogen (secondary N) is 2. The lowest BCUT2D eigenvalue weighted by Gasteiger charge is -2.27. The number of carbonyl (C=O) groups excluding carboxylic acids is 1. The van der Waals surface area contributed by atoms with Crippen molar-refractivity contribution in [3.8, 4) is 0 Å². The van der Waals surface area contributed by atoms with Crippen molar-refractivity contribution in [3.63, 3.8) is 0 Å². The number of allylic oxidation sites excluding steroid dienone is 1. The second-order valence-electron chi connectivity index (χ2n) is 7.35. The molecule has 5 atom stereocenters. The van der Waals surface area contributed by atoms with Crippen molar-refractivity contribution in [2.45, 2.75) is 25.1 Å². The van der Waals surface area contributed by atoms with Crippen molar-refractivity contribution < 1.29 is 15.0 Å². The summed E-state index contributed by atoms with van der Waals surface area (Å²) < 4.78 is 2.19. The number of hydrogen-bond donors (Lipinski definition) is 5. The van der Waals surface area contributed by atoms with E-state index in [0.29, 0.717) is 21.9 Å². The number of aliphatic hydroxyl groups excluding tert-OH is 2. The van der Waals surface area contributed by atoms with Gasteiger partial charge in [0.2, 0.25) is 11.9 Å². The monoisotopic (exact) mass is 463 g/mol. The van der Waals surface area contributed by atoms with Gasteiger partial charge < -0.3 is 26.6 Å². The summed E-state index contributed by atoms with van der Waals surface area (Å²) in [6, 6.07) is -0.107. The van der Waals surface area contributed by atoms with E-state index in [1.165, 1.54) is 4.68 Å². The molecular weight excluding hydrogens is 442 g/mol. The van der Waals surface area contributed by atoms with E-state index >= 15 is 0 Å². The number of halogens is 1. The molecule has 0 saturated heterocycles. The largest absolute Gasteiger partial charge is 0.394 e. The second-order valence-corrected chi connectivity index (χ2v) is 8.20. The number of anilines is 3. The molecule has 154 valence electrons. The van der Waals surface area contributed by atoms with Crippen LogP contribution in [0.4, 0.5) is 17.5 Å². The van der Waals surface area contributed by atoms with Crippen LogP contribution in [0, 0.1) is 17.8 Å². The van der Waals surface area contributed by atoms with Crippen LogP contribution in [0.2, 0.25) is 0 Å². The predicted octanol–water partition coefficient (Wildman–Crippen LogP) is 0.620. The summed E-state index contributed by atoms with van der Waals surface area (Å²) >= 11 is 3.45. The quantitative estimate of drug-likeness (QED) is 0.357. The molecule has 1 saturated carbocycles. The molecule has 2 bridgehead atoms. The summed E-state index contributed by atoms with van der Waals surface area (Å²) in [5.74, 6) is 0.773. The van der Waals surface area contributed by atoms with Crippen LogP contribution >= 0.6 is 15.9 Å². The van der Waals surface area contributed by atoms with Gasteiger partial charge in [-0.3, -0.25) is 9.48 Å². The van der Waals surface area contributed by atoms with Crippen molar-refractivity contribution in [2.75, 3.05) is 17.2 Å². The molecule has 4 rings (SSSR count). The third-order valence-corrected chi connectivity index (χ3v) is 5.91. The maximum atomic E-state index is 11.9. The number of hydrogen-bond acceptors (Lipinski definition) is 8. The van der Waals surface area contributed by atoms with Gasteiger partial charge in [0.25, 0.3) is 0 Å². The molecule has 0 aromatic carbocycles. The molecule has 1 fully saturated rings. The Labute approximate surface area is 175 Å². The standard InChI is InChI=1S/C18H22BrN7O3/c19-13-5-21-18(23-11-4-22-26(6-11)7-12(28)8-27)25-17(13)24-15-10-2-1-9(3-10)14(15)16(20)29/h1-2,4-6,9-10,12,14-15,27-28H,3,7-8H2,(H2,20,29)(H2,21,23,24,25)/t9-,10+,12+,14+,15-/m1/s1. The van der Waals surface area contributed by atoms with Crippen molar-refractivity contribution in [2.24, 2.45) is 23.5 Å². The summed E-state index contributed by atoms with van der Waals surface area (Å²) in [7, 11) is 0. The fraction of sp³-hybridized carbons (Fsp3) is 0.444. The summed E-state index contributed by atoms with van der Waals surface area (Å²) in [6.45, 7) is -0.156. The Morgan fingerprint density at radius 2 is 2.17 bits per heavy atom. The Morgan fingerprint density at radius 1 is 1.38 bits per heavy atom. The van der Waals surface area contributed by atoms with E-state index in [9.17, 15) is 9.90 Å². The number of aliphatic hydroxyl groups is 2. The van der Waals surface area contributed by atoms with Crippen LogP contribution in [-0.2, 0) is 11.3 Å². The smallest absolute Gasteiger partial charge is 0.229 e. The van der Waals surface area contributed by atoms with Crippen molar-refractivity contribution in [3.05, 3.63) is 35.2 Å². The first kappa shape index (κ1) is 19.8. The average molecular weight is 464 g/mol. The van der Waals surface area contributed by atoms with Gasteiger partial charge in [0.05, 0.1) is 41.5 Å². The molecule has 2 aromatic rings. The molecule has 0 radical (unpaired) electrons. The molecule has 2 heterocycles. The predicted molar refractivity (Wildman–Crippen MR) is 109 cm³/mol. The number of rotatable bonds is 8. The first-order valence-electron chi connectivity index (χ1n) is 9.29. The molecule has 1 amide bonds. The Balaban J connectivity index is 1.48. The number of primary amides is 1. The summed E-state index contributed by atoms with van der Waals surface area (Å²) in [5, 5.41) is 29.0. The molecular formula is C18H22BrN7O3. The first-order valence-corrected chi connectivity index (χ1v) is 10.1. The molecule has 6 N–H and O–H groups in total. The maximum Gasteiger partial charge on any atom is 0.229 e. The molecule has 0 unspecified atom stereocenters. The third kappa shape index (κ3) is 4.11. The lowest BCUT2D eigenvalue weighted by molar-refractivity contribution is -0.122. The van der Waals surface area contributed by atoms with E-state index < -0.39 is 6.10 Å². The second kappa shape index (κ2) is 8.09. The molecule has 0 aliphatic heterocycles. The van der Waals surface area contributed by atoms with E-state index in [0.717, 1.165) is 6.42 Å². The minimum absolute atomic E-state index is 0.107. The van der Waals surface area contributed by atoms with Crippen LogP contribution in [0.5, 0.6) is 0 Å². The van der Waals surface area contributed by atoms with Gasteiger partial charge in [0.1, 0.15) is 5.82 Å². The summed E-state index contributed by atoms with van der Waals surface area (Å²) in [4.78, 5) is 20.7. The fourth-order valence-corrected chi connectivity index (χ4v) is 4.33. The van der Waals surface area contributed by atoms with Crippen LogP contribution < -0.4 is 16.4 Å². The molecule has 10 nitrogen and oxygen atoms in total. The highest BCUT2D eigenvalue weighted by Gasteiger charge is 2.47. The summed E-state index contributed by atoms with van der Waals surface area (Å²) in [5.41, 5.74) is 6.27. The van der Waals surface area contributed by atoms with E-state index in [2.05, 4.69) is 53.8 Å². The minimum Gasteiger partial charge on any atom is -0.394 e. The number of carbonyl (C=O) groups is 1. The summed E-state index contributed by atoms with van der Waals surface area (Å²) in [6.07, 6.45) is 9.12. The van der Waals surface area contributed by atoms with Crippen LogP contribution in [0.15, 0.2) is 35.2 Å². The highest BCUT2D eigenvalue weighted by atomic mass is 79.9. The lowest BCUT2D eigenvalue weighted by Crippen LogP contribution is -2.41. The van der Waals surface area contributed by atoms with Gasteiger partial charge >= 0.3 is 0 Å². The highest BCUT2D eigenvalue weighted by molar-refractivity contribution is 9.10. The zero-order chi connectivity index (χ0) is 20.5. The third-order valence-electron chi connectivity index (χ3n) is 5.33. The normalized spacial score (nSPS) is 25.9. The van der Waals surface area contributed by atoms with Crippen LogP contribution in [0.1, 0.15) is 6.42 Å². The van der Waals surface area contributed by atoms with Crippen LogP contribution in [-0.4, -0.2) is 54.6 Å². The zero-order valence-electron chi connectivity index (χ0n) is 15.4. The molecule has 2 aromatic heterocycles. The zero-order valence-corrected chi connectivity index (χ0v) is 17.0. The van der Waals surface area contributed by atoms with E-state index in [1.54, 1.807) is 18.6 Å². The number of aromatic nitrogens is 4. The van der Waals surface area contributed by atoms with Crippen LogP contribution in [0.3, 0.4) is 0 Å². The number of nitrogens with zero attached hydrogens (tertiary/aromatic N) is 4. The SMILES string of the molecule is NC(=O)[C@@H]1[C@H](Nc2nc(Nc3cnn(C[C@H](O)CO)c3)ncc2Br)[C@H]2C=C[C@@H]1C2. The lowest BCUT2D eigenvalue weighted by atomic mass is 9.88. The van der Waals surface area contributed by atoms with Gasteiger partial charge in [0, 0.05) is 18.4 Å². The first-order chi connectivity index (χ1) is 13.9. The van der Waals surface area contributed by atoms with Gasteiger partial charge in [-0.05, 0) is 34.2 Å². The van der Waals surface area contributed by atoms with Gasteiger partial charge in [-0.1, -0.05) is 12.2 Å². The molecule has 29 heavy (non-hydrogen) atoms. The Morgan fingerprint density at radius 3 is 2.93 bits per heavy atom. The highest BCUT2D eigenvalue weighted by Crippen LogP contribution is 2.45. The molecule has 2 aliphatic rings. The minimum atomic E-state index is -0.878. The van der Waals surface area contributed by atoms with Crippen molar-refractivity contribution in [1.29, 1.82) is 0 Å². The molecule has 11 heteroatoms. The van der Waals surface area contributed by atoms with Gasteiger partial charge in [-0.25, -0.2) is 4.98 Å². The molecule has 2 aliphatic carbocycles. The maximum absolute atomic E-state index is 11.9. The van der Waals surface area contributed by atoms with Gasteiger partial charge in [0.15, 0.2) is 0 Å². The van der Waals surface area contributed by atoms with Crippen LogP contribution in [0.25, 0.3) is 0 Å². The van der Waals surface area contributed by atoms with E-state index in [-0.39, 0.29) is 42.9 Å². The number of amides is 1. The van der Waals surface area contributed by atoms with Crippen molar-refractivity contribution in [1.82, 2.24) is 19.7 Å².